The Labute approximate surface area is 217 Å². The van der Waals surface area contributed by atoms with E-state index < -0.39 is 10.8 Å². The number of carbonyl (C=O) groups excluding carboxylic acids is 1. The van der Waals surface area contributed by atoms with E-state index in [0.29, 0.717) is 39.3 Å². The summed E-state index contributed by atoms with van der Waals surface area (Å²) in [6, 6.07) is 16.2. The number of anilines is 1. The average molecular weight is 526 g/mol. The first-order valence-corrected chi connectivity index (χ1v) is 11.5. The van der Waals surface area contributed by atoms with Crippen LogP contribution in [0.5, 0.6) is 11.5 Å². The molecule has 0 heterocycles. The molecule has 0 aliphatic rings. The third kappa shape index (κ3) is 6.75. The number of nitro groups is 1. The molecule has 0 fully saturated rings. The van der Waals surface area contributed by atoms with E-state index in [1.165, 1.54) is 24.3 Å². The standard InChI is InChI=1S/C26H21Cl2N3O5/c1-3-35-25-12-17(6-9-24(25)36-15-18-5-8-21(27)22(28)11-18)10-19(14-29)26(32)30-23-13-20(31(33)34)7-4-16(23)2/h4-13H,3,15H2,1-2H3,(H,30,32)/b19-10+. The number of nitrogens with zero attached hydrogens (tertiary/aromatic N) is 2. The Morgan fingerprint density at radius 3 is 2.53 bits per heavy atom. The summed E-state index contributed by atoms with van der Waals surface area (Å²) in [5.74, 6) is 0.202. The van der Waals surface area contributed by atoms with Crippen molar-refractivity contribution in [1.29, 1.82) is 5.26 Å². The fraction of sp³-hybridized carbons (Fsp3) is 0.154. The quantitative estimate of drug-likeness (QED) is 0.143. The number of hydrogen-bond acceptors (Lipinski definition) is 6. The van der Waals surface area contributed by atoms with Gasteiger partial charge in [-0.05, 0) is 60.9 Å². The summed E-state index contributed by atoms with van der Waals surface area (Å²) in [5, 5.41) is 24.0. The van der Waals surface area contributed by atoms with E-state index in [9.17, 15) is 20.2 Å². The van der Waals surface area contributed by atoms with Gasteiger partial charge in [0, 0.05) is 12.1 Å². The van der Waals surface area contributed by atoms with Crippen LogP contribution < -0.4 is 14.8 Å². The lowest BCUT2D eigenvalue weighted by atomic mass is 10.1. The molecule has 8 nitrogen and oxygen atoms in total. The molecule has 0 saturated heterocycles. The zero-order chi connectivity index (χ0) is 26.2. The van der Waals surface area contributed by atoms with E-state index in [-0.39, 0.29) is 23.6 Å². The molecule has 0 saturated carbocycles. The van der Waals surface area contributed by atoms with Crippen LogP contribution in [-0.4, -0.2) is 17.4 Å². The molecule has 0 spiro atoms. The summed E-state index contributed by atoms with van der Waals surface area (Å²) in [4.78, 5) is 23.2. The van der Waals surface area contributed by atoms with Crippen LogP contribution in [0.25, 0.3) is 6.08 Å². The lowest BCUT2D eigenvalue weighted by Gasteiger charge is -2.13. The summed E-state index contributed by atoms with van der Waals surface area (Å²) >= 11 is 12.0. The number of amides is 1. The Kier molecular flexibility index (Phi) is 8.90. The molecule has 1 amide bonds. The zero-order valence-corrected chi connectivity index (χ0v) is 20.9. The van der Waals surface area contributed by atoms with Crippen molar-refractivity contribution in [3.63, 3.8) is 0 Å². The predicted octanol–water partition coefficient (Wildman–Crippen LogP) is 6.73. The molecule has 3 aromatic carbocycles. The molecule has 0 bridgehead atoms. The van der Waals surface area contributed by atoms with E-state index in [4.69, 9.17) is 32.7 Å². The van der Waals surface area contributed by atoms with E-state index in [1.54, 1.807) is 43.3 Å². The molecule has 10 heteroatoms. The van der Waals surface area contributed by atoms with E-state index >= 15 is 0 Å². The van der Waals surface area contributed by atoms with Gasteiger partial charge in [0.25, 0.3) is 11.6 Å². The monoisotopic (exact) mass is 525 g/mol. The van der Waals surface area contributed by atoms with Gasteiger partial charge < -0.3 is 14.8 Å². The first kappa shape index (κ1) is 26.5. The van der Waals surface area contributed by atoms with E-state index in [2.05, 4.69) is 5.32 Å². The third-order valence-corrected chi connectivity index (χ3v) is 5.74. The first-order chi connectivity index (χ1) is 17.2. The molecular weight excluding hydrogens is 505 g/mol. The van der Waals surface area contributed by atoms with Crippen LogP contribution in [0.3, 0.4) is 0 Å². The van der Waals surface area contributed by atoms with Crippen LogP contribution in [0.15, 0.2) is 60.2 Å². The SMILES string of the molecule is CCOc1cc(/C=C(\C#N)C(=O)Nc2cc([N+](=O)[O-])ccc2C)ccc1OCc1ccc(Cl)c(Cl)c1. The second-order valence-electron chi connectivity index (χ2n) is 7.56. The third-order valence-electron chi connectivity index (χ3n) is 5.00. The van der Waals surface area contributed by atoms with E-state index in [0.717, 1.165) is 5.56 Å². The molecule has 3 aromatic rings. The van der Waals surface area contributed by atoms with Gasteiger partial charge in [-0.1, -0.05) is 41.4 Å². The van der Waals surface area contributed by atoms with Crippen LogP contribution in [0.2, 0.25) is 10.0 Å². The molecule has 184 valence electrons. The molecular formula is C26H21Cl2N3O5. The van der Waals surface area contributed by atoms with Gasteiger partial charge in [-0.2, -0.15) is 5.26 Å². The second kappa shape index (κ2) is 12.1. The number of halogens is 2. The number of carbonyl (C=O) groups is 1. The predicted molar refractivity (Wildman–Crippen MR) is 138 cm³/mol. The number of non-ortho nitro benzene ring substituents is 1. The molecule has 0 aliphatic carbocycles. The van der Waals surface area contributed by atoms with Crippen molar-refractivity contribution in [3.8, 4) is 17.6 Å². The molecule has 0 aromatic heterocycles. The smallest absolute Gasteiger partial charge is 0.271 e. The van der Waals surface area contributed by atoms with Crippen LogP contribution >= 0.6 is 23.2 Å². The Bertz CT molecular complexity index is 1380. The molecule has 0 unspecified atom stereocenters. The normalized spacial score (nSPS) is 10.9. The average Bonchev–Trinajstić information content (AvgIpc) is 2.85. The number of nitro benzene ring substituents is 1. The lowest BCUT2D eigenvalue weighted by Crippen LogP contribution is -2.14. The molecule has 0 atom stereocenters. The van der Waals surface area contributed by atoms with Gasteiger partial charge in [-0.15, -0.1) is 0 Å². The number of ether oxygens (including phenoxy) is 2. The summed E-state index contributed by atoms with van der Waals surface area (Å²) in [7, 11) is 0. The number of nitrogens with one attached hydrogen (secondary N) is 1. The van der Waals surface area contributed by atoms with Crippen molar-refractivity contribution in [2.45, 2.75) is 20.5 Å². The number of benzene rings is 3. The fourth-order valence-electron chi connectivity index (χ4n) is 3.16. The second-order valence-corrected chi connectivity index (χ2v) is 8.37. The zero-order valence-electron chi connectivity index (χ0n) is 19.4. The van der Waals surface area contributed by atoms with Crippen molar-refractivity contribution < 1.29 is 19.2 Å². The molecule has 0 radical (unpaired) electrons. The summed E-state index contributed by atoms with van der Waals surface area (Å²) < 4.78 is 11.6. The van der Waals surface area contributed by atoms with Crippen LogP contribution in [0.4, 0.5) is 11.4 Å². The first-order valence-electron chi connectivity index (χ1n) is 10.7. The lowest BCUT2D eigenvalue weighted by molar-refractivity contribution is -0.384. The maximum Gasteiger partial charge on any atom is 0.271 e. The molecule has 1 N–H and O–H groups in total. The Morgan fingerprint density at radius 1 is 1.08 bits per heavy atom. The fourth-order valence-corrected chi connectivity index (χ4v) is 3.48. The highest BCUT2D eigenvalue weighted by Gasteiger charge is 2.15. The van der Waals surface area contributed by atoms with Crippen molar-refractivity contribution in [2.24, 2.45) is 0 Å². The van der Waals surface area contributed by atoms with Crippen LogP contribution in [-0.2, 0) is 11.4 Å². The van der Waals surface area contributed by atoms with Crippen LogP contribution in [0.1, 0.15) is 23.6 Å². The van der Waals surface area contributed by atoms with Gasteiger partial charge in [0.1, 0.15) is 18.2 Å². The van der Waals surface area contributed by atoms with Gasteiger partial charge in [-0.25, -0.2) is 0 Å². The van der Waals surface area contributed by atoms with Crippen molar-refractivity contribution in [2.75, 3.05) is 11.9 Å². The largest absolute Gasteiger partial charge is 0.490 e. The Morgan fingerprint density at radius 2 is 1.86 bits per heavy atom. The van der Waals surface area contributed by atoms with E-state index in [1.807, 2.05) is 13.0 Å². The Balaban J connectivity index is 1.81. The minimum absolute atomic E-state index is 0.170. The van der Waals surface area contributed by atoms with Crippen molar-refractivity contribution >= 4 is 46.6 Å². The maximum atomic E-state index is 12.7. The highest BCUT2D eigenvalue weighted by molar-refractivity contribution is 6.42. The minimum Gasteiger partial charge on any atom is -0.490 e. The summed E-state index contributed by atoms with van der Waals surface area (Å²) in [6.07, 6.45) is 1.40. The summed E-state index contributed by atoms with van der Waals surface area (Å²) in [6.45, 7) is 4.11. The minimum atomic E-state index is -0.695. The van der Waals surface area contributed by atoms with Gasteiger partial charge in [0.05, 0.1) is 27.3 Å². The Hall–Kier alpha value is -4.06. The van der Waals surface area contributed by atoms with Crippen LogP contribution in [0, 0.1) is 28.4 Å². The van der Waals surface area contributed by atoms with Crippen molar-refractivity contribution in [1.82, 2.24) is 0 Å². The number of rotatable bonds is 9. The summed E-state index contributed by atoms with van der Waals surface area (Å²) in [5.41, 5.74) is 1.85. The molecule has 3 rings (SSSR count). The van der Waals surface area contributed by atoms with Gasteiger partial charge >= 0.3 is 0 Å². The highest BCUT2D eigenvalue weighted by Crippen LogP contribution is 2.31. The van der Waals surface area contributed by atoms with Crippen molar-refractivity contribution in [3.05, 3.63) is 97.0 Å². The van der Waals surface area contributed by atoms with Gasteiger partial charge in [0.2, 0.25) is 0 Å². The number of nitriles is 1. The molecule has 0 aliphatic heterocycles. The maximum absolute atomic E-state index is 12.7. The molecule has 36 heavy (non-hydrogen) atoms. The van der Waals surface area contributed by atoms with Gasteiger partial charge in [0.15, 0.2) is 11.5 Å². The number of aryl methyl sites for hydroxylation is 1. The topological polar surface area (TPSA) is 114 Å². The number of hydrogen-bond donors (Lipinski definition) is 1. The highest BCUT2D eigenvalue weighted by atomic mass is 35.5. The van der Waals surface area contributed by atoms with Gasteiger partial charge in [-0.3, -0.25) is 14.9 Å².